The van der Waals surface area contributed by atoms with Crippen molar-refractivity contribution in [1.29, 1.82) is 0 Å². The topological polar surface area (TPSA) is 47.7 Å². The van der Waals surface area contributed by atoms with Crippen LogP contribution in [-0.2, 0) is 25.9 Å². The number of hydrogen-bond acceptors (Lipinski definition) is 3. The predicted octanol–water partition coefficient (Wildman–Crippen LogP) is 2.88. The van der Waals surface area contributed by atoms with E-state index < -0.39 is 0 Å². The normalized spacial score (nSPS) is 13.8. The zero-order valence-electron chi connectivity index (χ0n) is 14.2. The zero-order valence-corrected chi connectivity index (χ0v) is 14.2. The van der Waals surface area contributed by atoms with Crippen LogP contribution < -0.4 is 5.32 Å². The van der Waals surface area contributed by atoms with Gasteiger partial charge >= 0.3 is 0 Å². The first-order chi connectivity index (χ1) is 12.3. The van der Waals surface area contributed by atoms with E-state index in [2.05, 4.69) is 21.2 Å². The molecule has 0 saturated heterocycles. The average Bonchev–Trinajstić information content (AvgIpc) is 3.28. The number of hydrogen-bond donors (Lipinski definition) is 1. The molecule has 6 heteroatoms. The lowest BCUT2D eigenvalue weighted by atomic mass is 10.2. The Bertz CT molecular complexity index is 814. The van der Waals surface area contributed by atoms with Crippen LogP contribution in [0.2, 0.25) is 0 Å². The maximum Gasteiger partial charge on any atom is 0.149 e. The second-order valence-electron chi connectivity index (χ2n) is 6.46. The first-order valence-electron chi connectivity index (χ1n) is 8.84. The highest BCUT2D eigenvalue weighted by atomic mass is 19.1. The molecule has 1 N–H and O–H groups in total. The molecule has 3 heterocycles. The Hall–Kier alpha value is -2.47. The minimum absolute atomic E-state index is 0.259. The highest BCUT2D eigenvalue weighted by molar-refractivity contribution is 5.35. The summed E-state index contributed by atoms with van der Waals surface area (Å²) in [6.07, 6.45) is 10.0. The van der Waals surface area contributed by atoms with Gasteiger partial charge in [-0.2, -0.15) is 5.10 Å². The maximum atomic E-state index is 14.2. The predicted molar refractivity (Wildman–Crippen MR) is 94.1 cm³/mol. The van der Waals surface area contributed by atoms with Crippen LogP contribution in [0.25, 0.3) is 5.69 Å². The van der Waals surface area contributed by atoms with Gasteiger partial charge in [0.15, 0.2) is 0 Å². The molecule has 0 aliphatic carbocycles. The van der Waals surface area contributed by atoms with E-state index in [1.807, 2.05) is 6.07 Å². The molecule has 5 nitrogen and oxygen atoms in total. The fourth-order valence-corrected chi connectivity index (χ4v) is 3.30. The summed E-state index contributed by atoms with van der Waals surface area (Å²) in [6, 6.07) is 7.05. The van der Waals surface area contributed by atoms with Crippen molar-refractivity contribution in [2.75, 3.05) is 6.54 Å². The number of fused-ring (bicyclic) bond motifs is 1. The summed E-state index contributed by atoms with van der Waals surface area (Å²) in [5, 5.41) is 7.44. The Balaban J connectivity index is 1.30. The molecular weight excluding hydrogens is 317 g/mol. The molecule has 1 aliphatic rings. The van der Waals surface area contributed by atoms with E-state index in [-0.39, 0.29) is 5.82 Å². The Morgan fingerprint density at radius 1 is 1.24 bits per heavy atom. The fraction of sp³-hybridized carbons (Fsp3) is 0.368. The van der Waals surface area contributed by atoms with Crippen LogP contribution in [0.3, 0.4) is 0 Å². The quantitative estimate of drug-likeness (QED) is 0.703. The molecule has 25 heavy (non-hydrogen) atoms. The third-order valence-corrected chi connectivity index (χ3v) is 4.61. The third kappa shape index (κ3) is 3.64. The van der Waals surface area contributed by atoms with Gasteiger partial charge in [-0.25, -0.2) is 14.1 Å². The molecule has 0 saturated carbocycles. The number of rotatable bonds is 6. The summed E-state index contributed by atoms with van der Waals surface area (Å²) in [5.74, 6) is 0.960. The highest BCUT2D eigenvalue weighted by Gasteiger charge is 2.11. The summed E-state index contributed by atoms with van der Waals surface area (Å²) in [6.45, 7) is 2.57. The van der Waals surface area contributed by atoms with Gasteiger partial charge in [-0.05, 0) is 36.6 Å². The van der Waals surface area contributed by atoms with Crippen molar-refractivity contribution < 1.29 is 4.39 Å². The molecule has 0 spiro atoms. The van der Waals surface area contributed by atoms with Crippen molar-refractivity contribution in [2.45, 2.75) is 38.8 Å². The lowest BCUT2D eigenvalue weighted by molar-refractivity contribution is 0.522. The van der Waals surface area contributed by atoms with Crippen LogP contribution in [0, 0.1) is 5.82 Å². The standard InChI is InChI=1S/C19H22FN5/c20-17-12-15(5-6-18(17)25-11-3-8-22-25)13-21-9-7-16-14-24-10-2-1-4-19(24)23-16/h3,5-6,8,11-12,14,21H,1-2,4,7,9-10,13H2. The van der Waals surface area contributed by atoms with E-state index in [0.717, 1.165) is 37.2 Å². The molecule has 0 unspecified atom stereocenters. The zero-order chi connectivity index (χ0) is 17.1. The van der Waals surface area contributed by atoms with Gasteiger partial charge in [-0.15, -0.1) is 0 Å². The lowest BCUT2D eigenvalue weighted by Crippen LogP contribution is -2.17. The Morgan fingerprint density at radius 3 is 3.00 bits per heavy atom. The van der Waals surface area contributed by atoms with Crippen molar-refractivity contribution in [3.8, 4) is 5.69 Å². The van der Waals surface area contributed by atoms with Crippen LogP contribution in [0.5, 0.6) is 0 Å². The van der Waals surface area contributed by atoms with E-state index in [1.54, 1.807) is 30.6 Å². The maximum absolute atomic E-state index is 14.2. The van der Waals surface area contributed by atoms with Crippen molar-refractivity contribution in [3.63, 3.8) is 0 Å². The molecule has 4 rings (SSSR count). The van der Waals surface area contributed by atoms with Gasteiger partial charge in [0.2, 0.25) is 0 Å². The third-order valence-electron chi connectivity index (χ3n) is 4.61. The SMILES string of the molecule is Fc1cc(CNCCc2cn3c(n2)CCCC3)ccc1-n1cccn1. The van der Waals surface area contributed by atoms with Gasteiger partial charge < -0.3 is 9.88 Å². The molecule has 2 aromatic heterocycles. The number of aromatic nitrogens is 4. The van der Waals surface area contributed by atoms with Crippen LogP contribution in [0.1, 0.15) is 29.9 Å². The van der Waals surface area contributed by atoms with Crippen molar-refractivity contribution in [2.24, 2.45) is 0 Å². The van der Waals surface area contributed by atoms with Crippen LogP contribution in [0.4, 0.5) is 4.39 Å². The highest BCUT2D eigenvalue weighted by Crippen LogP contribution is 2.15. The van der Waals surface area contributed by atoms with Gasteiger partial charge in [-0.1, -0.05) is 6.07 Å². The van der Waals surface area contributed by atoms with Gasteiger partial charge in [0.1, 0.15) is 17.3 Å². The number of halogens is 1. The van der Waals surface area contributed by atoms with Gasteiger partial charge in [0, 0.05) is 51.1 Å². The molecule has 0 atom stereocenters. The number of nitrogens with one attached hydrogen (secondary N) is 1. The number of aryl methyl sites for hydroxylation is 2. The van der Waals surface area contributed by atoms with E-state index >= 15 is 0 Å². The van der Waals surface area contributed by atoms with Crippen molar-refractivity contribution in [3.05, 3.63) is 65.8 Å². The van der Waals surface area contributed by atoms with Crippen LogP contribution >= 0.6 is 0 Å². The van der Waals surface area contributed by atoms with Gasteiger partial charge in [0.05, 0.1) is 5.69 Å². The monoisotopic (exact) mass is 339 g/mol. The first-order valence-corrected chi connectivity index (χ1v) is 8.84. The average molecular weight is 339 g/mol. The Labute approximate surface area is 146 Å². The minimum Gasteiger partial charge on any atom is -0.335 e. The van der Waals surface area contributed by atoms with Crippen molar-refractivity contribution in [1.82, 2.24) is 24.6 Å². The molecule has 0 amide bonds. The van der Waals surface area contributed by atoms with Crippen LogP contribution in [0.15, 0.2) is 42.9 Å². The second-order valence-corrected chi connectivity index (χ2v) is 6.46. The molecule has 0 bridgehead atoms. The van der Waals surface area contributed by atoms with Crippen molar-refractivity contribution >= 4 is 0 Å². The van der Waals surface area contributed by atoms with Crippen LogP contribution in [-0.4, -0.2) is 25.9 Å². The fourth-order valence-electron chi connectivity index (χ4n) is 3.30. The molecule has 0 radical (unpaired) electrons. The number of imidazole rings is 1. The molecule has 130 valence electrons. The van der Waals surface area contributed by atoms with E-state index in [4.69, 9.17) is 4.98 Å². The van der Waals surface area contributed by atoms with E-state index in [0.29, 0.717) is 12.2 Å². The van der Waals surface area contributed by atoms with Gasteiger partial charge in [-0.3, -0.25) is 0 Å². The minimum atomic E-state index is -0.259. The molecule has 0 fully saturated rings. The smallest absolute Gasteiger partial charge is 0.149 e. The molecule has 1 aromatic carbocycles. The lowest BCUT2D eigenvalue weighted by Gasteiger charge is -2.11. The largest absolute Gasteiger partial charge is 0.335 e. The molecule has 3 aromatic rings. The molecular formula is C19H22FN5. The summed E-state index contributed by atoms with van der Waals surface area (Å²) >= 11 is 0. The van der Waals surface area contributed by atoms with E-state index in [9.17, 15) is 4.39 Å². The molecule has 1 aliphatic heterocycles. The second kappa shape index (κ2) is 7.19. The Morgan fingerprint density at radius 2 is 2.20 bits per heavy atom. The summed E-state index contributed by atoms with van der Waals surface area (Å²) in [5.41, 5.74) is 2.54. The van der Waals surface area contributed by atoms with Gasteiger partial charge in [0.25, 0.3) is 0 Å². The first kappa shape index (κ1) is 16.0. The summed E-state index contributed by atoms with van der Waals surface area (Å²) in [7, 11) is 0. The number of nitrogens with zero attached hydrogens (tertiary/aromatic N) is 4. The van der Waals surface area contributed by atoms with E-state index in [1.165, 1.54) is 23.3 Å². The summed E-state index contributed by atoms with van der Waals surface area (Å²) in [4.78, 5) is 4.70. The Kier molecular flexibility index (Phi) is 4.61. The number of benzene rings is 1. The summed E-state index contributed by atoms with van der Waals surface area (Å²) < 4.78 is 18.0.